The molecule has 0 aliphatic rings. The van der Waals surface area contributed by atoms with Gasteiger partial charge in [0.2, 0.25) is 5.91 Å². The maximum absolute atomic E-state index is 13.4. The Kier molecular flexibility index (Phi) is 5.90. The molecule has 0 radical (unpaired) electrons. The molecule has 2 aromatic carbocycles. The SMILES string of the molecule is O=C(CCS(=O)(=O)Cc1ccc(F)cc1Cl)Nc1ccccc1F. The highest BCUT2D eigenvalue weighted by atomic mass is 35.5. The standard InChI is InChI=1S/C16H14ClF2NO3S/c17-13-9-12(18)6-5-11(13)10-24(22,23)8-7-16(21)20-15-4-2-1-3-14(15)19/h1-6,9H,7-8,10H2,(H,20,21). The van der Waals surface area contributed by atoms with Crippen molar-refractivity contribution in [1.29, 1.82) is 0 Å². The number of anilines is 1. The van der Waals surface area contributed by atoms with Gasteiger partial charge in [0.05, 0.1) is 17.2 Å². The van der Waals surface area contributed by atoms with E-state index >= 15 is 0 Å². The van der Waals surface area contributed by atoms with Crippen LogP contribution in [0, 0.1) is 11.6 Å². The van der Waals surface area contributed by atoms with Gasteiger partial charge in [-0.15, -0.1) is 0 Å². The predicted octanol–water partition coefficient (Wildman–Crippen LogP) is 3.56. The number of hydrogen-bond donors (Lipinski definition) is 1. The normalized spacial score (nSPS) is 11.3. The molecule has 128 valence electrons. The van der Waals surface area contributed by atoms with Gasteiger partial charge in [-0.2, -0.15) is 0 Å². The molecule has 2 rings (SSSR count). The number of amides is 1. The quantitative estimate of drug-likeness (QED) is 0.842. The smallest absolute Gasteiger partial charge is 0.225 e. The molecule has 0 unspecified atom stereocenters. The van der Waals surface area contributed by atoms with Crippen LogP contribution in [0.1, 0.15) is 12.0 Å². The summed E-state index contributed by atoms with van der Waals surface area (Å²) in [4.78, 5) is 11.8. The molecule has 2 aromatic rings. The van der Waals surface area contributed by atoms with Crippen LogP contribution in [0.3, 0.4) is 0 Å². The van der Waals surface area contributed by atoms with E-state index in [9.17, 15) is 22.0 Å². The Bertz CT molecular complexity index is 856. The fourth-order valence-corrected chi connectivity index (χ4v) is 3.65. The Morgan fingerprint density at radius 2 is 1.83 bits per heavy atom. The van der Waals surface area contributed by atoms with E-state index in [1.165, 1.54) is 24.3 Å². The second-order valence-electron chi connectivity index (χ2n) is 5.11. The fraction of sp³-hybridized carbons (Fsp3) is 0.188. The molecule has 8 heteroatoms. The number of rotatable bonds is 6. The molecule has 0 spiro atoms. The van der Waals surface area contributed by atoms with E-state index in [0.717, 1.165) is 12.1 Å². The van der Waals surface area contributed by atoms with Crippen LogP contribution in [0.5, 0.6) is 0 Å². The molecule has 0 heterocycles. The van der Waals surface area contributed by atoms with Gasteiger partial charge < -0.3 is 5.32 Å². The molecule has 0 saturated heterocycles. The molecule has 0 bridgehead atoms. The summed E-state index contributed by atoms with van der Waals surface area (Å²) in [6, 6.07) is 9.00. The third-order valence-corrected chi connectivity index (χ3v) is 5.11. The van der Waals surface area contributed by atoms with Crippen molar-refractivity contribution in [2.75, 3.05) is 11.1 Å². The van der Waals surface area contributed by atoms with Crippen molar-refractivity contribution >= 4 is 33.0 Å². The highest BCUT2D eigenvalue weighted by molar-refractivity contribution is 7.90. The lowest BCUT2D eigenvalue weighted by Gasteiger charge is -2.08. The van der Waals surface area contributed by atoms with Gasteiger partial charge in [0, 0.05) is 11.4 Å². The van der Waals surface area contributed by atoms with Crippen molar-refractivity contribution in [3.05, 3.63) is 64.7 Å². The Morgan fingerprint density at radius 1 is 1.12 bits per heavy atom. The van der Waals surface area contributed by atoms with Gasteiger partial charge in [-0.1, -0.05) is 29.8 Å². The first kappa shape index (κ1) is 18.4. The predicted molar refractivity (Wildman–Crippen MR) is 88.5 cm³/mol. The first-order valence-electron chi connectivity index (χ1n) is 6.95. The zero-order valence-corrected chi connectivity index (χ0v) is 14.0. The lowest BCUT2D eigenvalue weighted by molar-refractivity contribution is -0.115. The lowest BCUT2D eigenvalue weighted by Crippen LogP contribution is -2.19. The van der Waals surface area contributed by atoms with Gasteiger partial charge in [-0.25, -0.2) is 17.2 Å². The molecule has 0 atom stereocenters. The second kappa shape index (κ2) is 7.72. The minimum absolute atomic E-state index is 0.00869. The van der Waals surface area contributed by atoms with Crippen molar-refractivity contribution in [3.63, 3.8) is 0 Å². The highest BCUT2D eigenvalue weighted by Crippen LogP contribution is 2.20. The molecule has 1 amide bonds. The van der Waals surface area contributed by atoms with E-state index in [4.69, 9.17) is 11.6 Å². The van der Waals surface area contributed by atoms with E-state index in [0.29, 0.717) is 0 Å². The third-order valence-electron chi connectivity index (χ3n) is 3.18. The summed E-state index contributed by atoms with van der Waals surface area (Å²) in [6.45, 7) is 0. The van der Waals surface area contributed by atoms with E-state index in [2.05, 4.69) is 5.32 Å². The molecular weight excluding hydrogens is 360 g/mol. The third kappa shape index (κ3) is 5.28. The van der Waals surface area contributed by atoms with Crippen LogP contribution in [0.25, 0.3) is 0 Å². The highest BCUT2D eigenvalue weighted by Gasteiger charge is 2.17. The fourth-order valence-electron chi connectivity index (χ4n) is 1.97. The molecule has 0 saturated carbocycles. The minimum Gasteiger partial charge on any atom is -0.324 e. The van der Waals surface area contributed by atoms with Crippen molar-refractivity contribution in [2.24, 2.45) is 0 Å². The summed E-state index contributed by atoms with van der Waals surface area (Å²) in [5.74, 6) is -2.62. The first-order chi connectivity index (χ1) is 11.3. The van der Waals surface area contributed by atoms with Gasteiger partial charge in [-0.3, -0.25) is 4.79 Å². The molecule has 4 nitrogen and oxygen atoms in total. The number of halogens is 3. The Balaban J connectivity index is 1.95. The van der Waals surface area contributed by atoms with Gasteiger partial charge in [0.25, 0.3) is 0 Å². The monoisotopic (exact) mass is 373 g/mol. The summed E-state index contributed by atoms with van der Waals surface area (Å²) >= 11 is 5.80. The van der Waals surface area contributed by atoms with Crippen LogP contribution in [-0.4, -0.2) is 20.1 Å². The van der Waals surface area contributed by atoms with Crippen LogP contribution < -0.4 is 5.32 Å². The molecule has 0 aliphatic heterocycles. The Labute approximate surface area is 143 Å². The second-order valence-corrected chi connectivity index (χ2v) is 7.70. The van der Waals surface area contributed by atoms with Gasteiger partial charge in [0.1, 0.15) is 11.6 Å². The molecular formula is C16H14ClF2NO3S. The molecule has 0 fully saturated rings. The van der Waals surface area contributed by atoms with Crippen molar-refractivity contribution < 1.29 is 22.0 Å². The minimum atomic E-state index is -3.63. The zero-order valence-electron chi connectivity index (χ0n) is 12.4. The maximum Gasteiger partial charge on any atom is 0.225 e. The average molecular weight is 374 g/mol. The van der Waals surface area contributed by atoms with E-state index < -0.39 is 38.9 Å². The molecule has 0 aliphatic carbocycles. The topological polar surface area (TPSA) is 63.2 Å². The largest absolute Gasteiger partial charge is 0.324 e. The maximum atomic E-state index is 13.4. The summed E-state index contributed by atoms with van der Waals surface area (Å²) in [6.07, 6.45) is -0.324. The van der Waals surface area contributed by atoms with Crippen LogP contribution >= 0.6 is 11.6 Å². The number of benzene rings is 2. The van der Waals surface area contributed by atoms with Crippen LogP contribution in [0.4, 0.5) is 14.5 Å². The zero-order chi connectivity index (χ0) is 17.7. The Hall–Kier alpha value is -1.99. The number of nitrogens with one attached hydrogen (secondary N) is 1. The summed E-state index contributed by atoms with van der Waals surface area (Å²) in [5.41, 5.74) is 0.244. The van der Waals surface area contributed by atoms with E-state index in [1.54, 1.807) is 6.07 Å². The summed E-state index contributed by atoms with van der Waals surface area (Å²) in [5, 5.41) is 2.32. The number of para-hydroxylation sites is 1. The van der Waals surface area contributed by atoms with Crippen molar-refractivity contribution in [3.8, 4) is 0 Å². The summed E-state index contributed by atoms with van der Waals surface area (Å²) in [7, 11) is -3.63. The average Bonchev–Trinajstić information content (AvgIpc) is 2.51. The number of carbonyl (C=O) groups is 1. The van der Waals surface area contributed by atoms with Crippen LogP contribution in [0.2, 0.25) is 5.02 Å². The van der Waals surface area contributed by atoms with Gasteiger partial charge in [0.15, 0.2) is 9.84 Å². The number of hydrogen-bond acceptors (Lipinski definition) is 3. The number of sulfone groups is 1. The van der Waals surface area contributed by atoms with Gasteiger partial charge >= 0.3 is 0 Å². The van der Waals surface area contributed by atoms with Gasteiger partial charge in [-0.05, 0) is 29.8 Å². The first-order valence-corrected chi connectivity index (χ1v) is 9.15. The van der Waals surface area contributed by atoms with Crippen LogP contribution in [-0.2, 0) is 20.4 Å². The van der Waals surface area contributed by atoms with Crippen molar-refractivity contribution in [1.82, 2.24) is 0 Å². The molecule has 24 heavy (non-hydrogen) atoms. The van der Waals surface area contributed by atoms with E-state index in [-0.39, 0.29) is 22.7 Å². The lowest BCUT2D eigenvalue weighted by atomic mass is 10.2. The van der Waals surface area contributed by atoms with Crippen LogP contribution in [0.15, 0.2) is 42.5 Å². The summed E-state index contributed by atoms with van der Waals surface area (Å²) < 4.78 is 50.5. The van der Waals surface area contributed by atoms with Crippen molar-refractivity contribution in [2.45, 2.75) is 12.2 Å². The number of carbonyl (C=O) groups excluding carboxylic acids is 1. The van der Waals surface area contributed by atoms with E-state index in [1.807, 2.05) is 0 Å². The molecule has 0 aromatic heterocycles. The molecule has 1 N–H and O–H groups in total. The Morgan fingerprint density at radius 3 is 2.50 bits per heavy atom.